The molecule has 178 valence electrons. The van der Waals surface area contributed by atoms with Crippen molar-refractivity contribution in [3.63, 3.8) is 0 Å². The molecular formula is C29H27FN2O2S. The lowest BCUT2D eigenvalue weighted by Crippen LogP contribution is -2.36. The Morgan fingerprint density at radius 3 is 2.43 bits per heavy atom. The van der Waals surface area contributed by atoms with Gasteiger partial charge in [-0.3, -0.25) is 9.59 Å². The van der Waals surface area contributed by atoms with Crippen molar-refractivity contribution in [1.82, 2.24) is 5.32 Å². The smallest absolute Gasteiger partial charge is 0.265 e. The molecule has 0 bridgehead atoms. The fourth-order valence-corrected chi connectivity index (χ4v) is 5.65. The van der Waals surface area contributed by atoms with Crippen molar-refractivity contribution in [1.29, 1.82) is 0 Å². The van der Waals surface area contributed by atoms with Gasteiger partial charge >= 0.3 is 0 Å². The lowest BCUT2D eigenvalue weighted by molar-refractivity contribution is -0.114. The largest absolute Gasteiger partial charge is 0.349 e. The monoisotopic (exact) mass is 486 g/mol. The van der Waals surface area contributed by atoms with E-state index >= 15 is 0 Å². The molecule has 0 aromatic heterocycles. The number of para-hydroxylation sites is 1. The van der Waals surface area contributed by atoms with Crippen molar-refractivity contribution >= 4 is 35.3 Å². The van der Waals surface area contributed by atoms with E-state index in [1.807, 2.05) is 54.6 Å². The Kier molecular flexibility index (Phi) is 7.00. The van der Waals surface area contributed by atoms with Crippen LogP contribution in [0.5, 0.6) is 0 Å². The minimum absolute atomic E-state index is 0.0429. The lowest BCUT2D eigenvalue weighted by Gasteiger charge is -2.30. The molecule has 3 aromatic rings. The van der Waals surface area contributed by atoms with E-state index in [0.717, 1.165) is 34.6 Å². The van der Waals surface area contributed by atoms with E-state index in [0.29, 0.717) is 17.0 Å². The summed E-state index contributed by atoms with van der Waals surface area (Å²) >= 11 is 1.44. The Bertz CT molecular complexity index is 1250. The first-order chi connectivity index (χ1) is 17.1. The van der Waals surface area contributed by atoms with Crippen molar-refractivity contribution in [3.8, 4) is 0 Å². The summed E-state index contributed by atoms with van der Waals surface area (Å²) in [6.07, 6.45) is 7.55. The number of halogens is 1. The fourth-order valence-electron chi connectivity index (χ4n) is 4.59. The topological polar surface area (TPSA) is 49.4 Å². The Hall–Kier alpha value is -3.38. The molecule has 1 aliphatic heterocycles. The first-order valence-corrected chi connectivity index (χ1v) is 12.8. The van der Waals surface area contributed by atoms with Gasteiger partial charge in [0.1, 0.15) is 5.82 Å². The van der Waals surface area contributed by atoms with E-state index in [9.17, 15) is 14.0 Å². The molecule has 1 aliphatic carbocycles. The van der Waals surface area contributed by atoms with Gasteiger partial charge in [0.15, 0.2) is 0 Å². The highest BCUT2D eigenvalue weighted by Gasteiger charge is 2.29. The quantitative estimate of drug-likeness (QED) is 0.415. The van der Waals surface area contributed by atoms with E-state index in [1.54, 1.807) is 17.0 Å². The summed E-state index contributed by atoms with van der Waals surface area (Å²) in [4.78, 5) is 29.4. The number of carbonyl (C=O) groups excluding carboxylic acids is 2. The van der Waals surface area contributed by atoms with Gasteiger partial charge in [-0.15, -0.1) is 0 Å². The van der Waals surface area contributed by atoms with E-state index in [-0.39, 0.29) is 23.7 Å². The van der Waals surface area contributed by atoms with Crippen LogP contribution in [0.15, 0.2) is 82.6 Å². The first kappa shape index (κ1) is 23.4. The molecule has 0 saturated heterocycles. The Balaban J connectivity index is 1.35. The Morgan fingerprint density at radius 2 is 1.69 bits per heavy atom. The number of nitrogens with one attached hydrogen (secondary N) is 1. The van der Waals surface area contributed by atoms with Gasteiger partial charge in [-0.25, -0.2) is 4.39 Å². The Labute approximate surface area is 209 Å². The summed E-state index contributed by atoms with van der Waals surface area (Å²) in [5, 5.41) is 3.14. The standard InChI is InChI=1S/C29H27FN2O2S/c30-23-16-12-21(13-17-23)19-32-25-8-4-5-9-26(25)35-27(29(32)34)18-20-10-14-22(15-11-20)28(33)31-24-6-2-1-3-7-24/h4-5,8-18,24H,1-3,6-7,19H2,(H,31,33). The van der Waals surface area contributed by atoms with Gasteiger partial charge in [0.05, 0.1) is 17.1 Å². The summed E-state index contributed by atoms with van der Waals surface area (Å²) in [7, 11) is 0. The molecule has 0 unspecified atom stereocenters. The number of carbonyl (C=O) groups is 2. The number of amides is 2. The van der Waals surface area contributed by atoms with Gasteiger partial charge in [0.25, 0.3) is 11.8 Å². The maximum Gasteiger partial charge on any atom is 0.265 e. The van der Waals surface area contributed by atoms with Gasteiger partial charge in [-0.1, -0.05) is 67.4 Å². The number of hydrogen-bond acceptors (Lipinski definition) is 3. The second kappa shape index (κ2) is 10.5. The van der Waals surface area contributed by atoms with Crippen LogP contribution in [0.3, 0.4) is 0 Å². The van der Waals surface area contributed by atoms with Gasteiger partial charge < -0.3 is 10.2 Å². The van der Waals surface area contributed by atoms with Crippen LogP contribution in [0.1, 0.15) is 53.6 Å². The highest BCUT2D eigenvalue weighted by Crippen LogP contribution is 2.42. The second-order valence-electron chi connectivity index (χ2n) is 9.03. The number of rotatable bonds is 5. The molecule has 1 heterocycles. The molecule has 5 rings (SSSR count). The van der Waals surface area contributed by atoms with Crippen molar-refractivity contribution < 1.29 is 14.0 Å². The summed E-state index contributed by atoms with van der Waals surface area (Å²) in [6, 6.07) is 21.7. The van der Waals surface area contributed by atoms with Crippen LogP contribution in [-0.2, 0) is 11.3 Å². The van der Waals surface area contributed by atoms with Crippen LogP contribution in [0.2, 0.25) is 0 Å². The van der Waals surface area contributed by atoms with Crippen LogP contribution in [-0.4, -0.2) is 17.9 Å². The zero-order valence-corrected chi connectivity index (χ0v) is 20.2. The van der Waals surface area contributed by atoms with Crippen LogP contribution >= 0.6 is 11.8 Å². The van der Waals surface area contributed by atoms with Crippen LogP contribution < -0.4 is 10.2 Å². The van der Waals surface area contributed by atoms with Gasteiger partial charge in [0.2, 0.25) is 0 Å². The first-order valence-electron chi connectivity index (χ1n) is 12.0. The maximum atomic E-state index is 13.5. The molecule has 0 atom stereocenters. The van der Waals surface area contributed by atoms with E-state index < -0.39 is 0 Å². The van der Waals surface area contributed by atoms with Crippen molar-refractivity contribution in [2.24, 2.45) is 0 Å². The van der Waals surface area contributed by atoms with Gasteiger partial charge in [-0.05, 0) is 66.4 Å². The van der Waals surface area contributed by atoms with E-state index in [1.165, 1.54) is 43.2 Å². The summed E-state index contributed by atoms with van der Waals surface area (Å²) in [5.41, 5.74) is 3.19. The number of anilines is 1. The van der Waals surface area contributed by atoms with Crippen molar-refractivity contribution in [2.45, 2.75) is 49.6 Å². The highest BCUT2D eigenvalue weighted by atomic mass is 32.2. The molecule has 1 N–H and O–H groups in total. The molecule has 0 radical (unpaired) electrons. The minimum Gasteiger partial charge on any atom is -0.349 e. The molecule has 1 saturated carbocycles. The SMILES string of the molecule is O=C(NC1CCCCC1)c1ccc(C=C2Sc3ccccc3N(Cc3ccc(F)cc3)C2=O)cc1. The number of fused-ring (bicyclic) bond motifs is 1. The normalized spacial score (nSPS) is 17.3. The van der Waals surface area contributed by atoms with Crippen LogP contribution in [0.25, 0.3) is 6.08 Å². The summed E-state index contributed by atoms with van der Waals surface area (Å²) in [6.45, 7) is 0.355. The zero-order valence-electron chi connectivity index (χ0n) is 19.4. The molecule has 0 spiro atoms. The molecule has 1 fully saturated rings. The predicted molar refractivity (Wildman–Crippen MR) is 139 cm³/mol. The molecule has 3 aromatic carbocycles. The van der Waals surface area contributed by atoms with Crippen molar-refractivity contribution in [2.75, 3.05) is 4.90 Å². The zero-order chi connectivity index (χ0) is 24.2. The summed E-state index contributed by atoms with van der Waals surface area (Å²) in [5.74, 6) is -0.443. The summed E-state index contributed by atoms with van der Waals surface area (Å²) < 4.78 is 13.4. The number of nitrogens with zero attached hydrogens (tertiary/aromatic N) is 1. The third kappa shape index (κ3) is 5.49. The predicted octanol–water partition coefficient (Wildman–Crippen LogP) is 6.57. The number of hydrogen-bond donors (Lipinski definition) is 1. The average Bonchev–Trinajstić information content (AvgIpc) is 2.88. The maximum absolute atomic E-state index is 13.5. The molecule has 6 heteroatoms. The van der Waals surface area contributed by atoms with Crippen LogP contribution in [0.4, 0.5) is 10.1 Å². The Morgan fingerprint density at radius 1 is 0.971 bits per heavy atom. The fraction of sp³-hybridized carbons (Fsp3) is 0.241. The third-order valence-corrected chi connectivity index (χ3v) is 7.57. The second-order valence-corrected chi connectivity index (χ2v) is 10.1. The molecule has 4 nitrogen and oxygen atoms in total. The lowest BCUT2D eigenvalue weighted by atomic mass is 9.95. The molecule has 35 heavy (non-hydrogen) atoms. The van der Waals surface area contributed by atoms with Gasteiger partial charge in [-0.2, -0.15) is 0 Å². The third-order valence-electron chi connectivity index (χ3n) is 6.50. The number of thioether (sulfide) groups is 1. The highest BCUT2D eigenvalue weighted by molar-refractivity contribution is 8.04. The van der Waals surface area contributed by atoms with Crippen LogP contribution in [0, 0.1) is 5.82 Å². The number of benzene rings is 3. The molecule has 2 amide bonds. The molecule has 2 aliphatic rings. The minimum atomic E-state index is -0.300. The van der Waals surface area contributed by atoms with E-state index in [2.05, 4.69) is 5.32 Å². The van der Waals surface area contributed by atoms with E-state index in [4.69, 9.17) is 0 Å². The van der Waals surface area contributed by atoms with Crippen molar-refractivity contribution in [3.05, 3.63) is 100 Å². The average molecular weight is 487 g/mol. The van der Waals surface area contributed by atoms with Gasteiger partial charge in [0, 0.05) is 16.5 Å². The molecular weight excluding hydrogens is 459 g/mol.